The molecule has 0 spiro atoms. The number of para-hydroxylation sites is 1. The molecule has 1 atom stereocenters. The molecule has 1 aliphatic rings. The van der Waals surface area contributed by atoms with Crippen molar-refractivity contribution in [3.8, 4) is 11.8 Å². The fraction of sp³-hybridized carbons (Fsp3) is 0.304. The first-order valence-electron chi connectivity index (χ1n) is 10.2. The van der Waals surface area contributed by atoms with E-state index in [0.717, 1.165) is 16.8 Å². The quantitative estimate of drug-likeness (QED) is 0.557. The van der Waals surface area contributed by atoms with Gasteiger partial charge in [0.2, 0.25) is 5.91 Å². The lowest BCUT2D eigenvalue weighted by atomic mass is 10.1. The lowest BCUT2D eigenvalue weighted by molar-refractivity contribution is -0.130. The molecule has 31 heavy (non-hydrogen) atoms. The Bertz CT molecular complexity index is 1070. The van der Waals surface area contributed by atoms with Gasteiger partial charge in [0.1, 0.15) is 12.4 Å². The van der Waals surface area contributed by atoms with Gasteiger partial charge in [-0.3, -0.25) is 14.3 Å². The SMILES string of the molecule is Cc1ccccc1-n1cnnc1SCC(=O)N1CCN(C(C#N)c2ccccc2)CC1. The molecule has 1 aliphatic heterocycles. The molecule has 1 amide bonds. The van der Waals surface area contributed by atoms with Gasteiger partial charge in [0.15, 0.2) is 5.16 Å². The van der Waals surface area contributed by atoms with Gasteiger partial charge in [-0.1, -0.05) is 60.3 Å². The first-order chi connectivity index (χ1) is 15.2. The number of hydrogen-bond acceptors (Lipinski definition) is 6. The standard InChI is InChI=1S/C23H24N6OS/c1-18-7-5-6-10-20(18)29-17-25-26-23(29)31-16-22(30)28-13-11-27(12-14-28)21(15-24)19-8-3-2-4-9-19/h2-10,17,21H,11-14,16H2,1H3. The van der Waals surface area contributed by atoms with Crippen LogP contribution in [0, 0.1) is 18.3 Å². The molecule has 2 heterocycles. The number of amides is 1. The number of nitrogens with zero attached hydrogens (tertiary/aromatic N) is 6. The topological polar surface area (TPSA) is 78.1 Å². The van der Waals surface area contributed by atoms with E-state index in [9.17, 15) is 10.1 Å². The summed E-state index contributed by atoms with van der Waals surface area (Å²) in [5.74, 6) is 0.391. The van der Waals surface area contributed by atoms with E-state index in [0.29, 0.717) is 37.1 Å². The zero-order valence-electron chi connectivity index (χ0n) is 17.4. The average molecular weight is 433 g/mol. The van der Waals surface area contributed by atoms with Gasteiger partial charge < -0.3 is 4.90 Å². The highest BCUT2D eigenvalue weighted by molar-refractivity contribution is 7.99. The van der Waals surface area contributed by atoms with Crippen molar-refractivity contribution in [2.45, 2.75) is 18.1 Å². The van der Waals surface area contributed by atoms with Crippen LogP contribution in [0.25, 0.3) is 5.69 Å². The molecule has 7 nitrogen and oxygen atoms in total. The van der Waals surface area contributed by atoms with Gasteiger partial charge in [-0.15, -0.1) is 10.2 Å². The Hall–Kier alpha value is -3.15. The summed E-state index contributed by atoms with van der Waals surface area (Å²) in [6.45, 7) is 4.65. The summed E-state index contributed by atoms with van der Waals surface area (Å²) in [4.78, 5) is 16.8. The lowest BCUT2D eigenvalue weighted by Gasteiger charge is -2.37. The molecule has 158 valence electrons. The van der Waals surface area contributed by atoms with Crippen molar-refractivity contribution in [1.82, 2.24) is 24.6 Å². The van der Waals surface area contributed by atoms with Gasteiger partial charge in [-0.25, -0.2) is 0 Å². The number of aromatic nitrogens is 3. The fourth-order valence-electron chi connectivity index (χ4n) is 3.77. The van der Waals surface area contributed by atoms with Gasteiger partial charge >= 0.3 is 0 Å². The summed E-state index contributed by atoms with van der Waals surface area (Å²) in [7, 11) is 0. The molecule has 1 unspecified atom stereocenters. The molecule has 8 heteroatoms. The van der Waals surface area contributed by atoms with Crippen LogP contribution < -0.4 is 0 Å². The van der Waals surface area contributed by atoms with Gasteiger partial charge in [0, 0.05) is 26.2 Å². The van der Waals surface area contributed by atoms with E-state index < -0.39 is 0 Å². The van der Waals surface area contributed by atoms with Gasteiger partial charge in [0.05, 0.1) is 17.5 Å². The molecule has 0 aliphatic carbocycles. The Morgan fingerprint density at radius 3 is 2.52 bits per heavy atom. The van der Waals surface area contributed by atoms with Crippen molar-refractivity contribution in [3.63, 3.8) is 0 Å². The van der Waals surface area contributed by atoms with Crippen molar-refractivity contribution in [2.75, 3.05) is 31.9 Å². The first-order valence-corrected chi connectivity index (χ1v) is 11.2. The van der Waals surface area contributed by atoms with Gasteiger partial charge in [-0.2, -0.15) is 5.26 Å². The maximum atomic E-state index is 12.8. The summed E-state index contributed by atoms with van der Waals surface area (Å²) in [6.07, 6.45) is 1.68. The summed E-state index contributed by atoms with van der Waals surface area (Å²) in [5.41, 5.74) is 3.13. The predicted molar refractivity (Wildman–Crippen MR) is 120 cm³/mol. The van der Waals surface area contributed by atoms with Crippen LogP contribution in [0.1, 0.15) is 17.2 Å². The van der Waals surface area contributed by atoms with Crippen molar-refractivity contribution in [1.29, 1.82) is 5.26 Å². The summed E-state index contributed by atoms with van der Waals surface area (Å²) in [6, 6.07) is 20.0. The van der Waals surface area contributed by atoms with E-state index >= 15 is 0 Å². The zero-order chi connectivity index (χ0) is 21.6. The minimum Gasteiger partial charge on any atom is -0.339 e. The minimum absolute atomic E-state index is 0.0807. The molecule has 4 rings (SSSR count). The third-order valence-electron chi connectivity index (χ3n) is 5.49. The van der Waals surface area contributed by atoms with Crippen LogP contribution in [0.2, 0.25) is 0 Å². The monoisotopic (exact) mass is 432 g/mol. The maximum Gasteiger partial charge on any atom is 0.233 e. The number of carbonyl (C=O) groups is 1. The number of nitriles is 1. The smallest absolute Gasteiger partial charge is 0.233 e. The molecular weight excluding hydrogens is 408 g/mol. The second-order valence-electron chi connectivity index (χ2n) is 7.42. The minimum atomic E-state index is -0.277. The molecule has 0 bridgehead atoms. The van der Waals surface area contributed by atoms with Gasteiger partial charge in [-0.05, 0) is 24.1 Å². The first kappa shape index (κ1) is 21.1. The Morgan fingerprint density at radius 1 is 1.10 bits per heavy atom. The molecule has 1 fully saturated rings. The number of benzene rings is 2. The van der Waals surface area contributed by atoms with Crippen molar-refractivity contribution < 1.29 is 4.79 Å². The molecule has 1 aromatic heterocycles. The number of aryl methyl sites for hydroxylation is 1. The fourth-order valence-corrected chi connectivity index (χ4v) is 4.60. The summed E-state index contributed by atoms with van der Waals surface area (Å²) in [5, 5.41) is 18.6. The highest BCUT2D eigenvalue weighted by atomic mass is 32.2. The number of thioether (sulfide) groups is 1. The Morgan fingerprint density at radius 2 is 1.81 bits per heavy atom. The van der Waals surface area contributed by atoms with Crippen LogP contribution in [0.5, 0.6) is 0 Å². The Labute approximate surface area is 186 Å². The second-order valence-corrected chi connectivity index (χ2v) is 8.36. The van der Waals surface area contributed by atoms with Crippen LogP contribution in [-0.2, 0) is 4.79 Å². The number of rotatable bonds is 6. The lowest BCUT2D eigenvalue weighted by Crippen LogP contribution is -2.50. The molecule has 0 N–H and O–H groups in total. The van der Waals surface area contributed by atoms with Crippen molar-refractivity contribution in [3.05, 3.63) is 72.1 Å². The number of hydrogen-bond donors (Lipinski definition) is 0. The van der Waals surface area contributed by atoms with E-state index in [1.54, 1.807) is 6.33 Å². The molecule has 0 saturated carbocycles. The van der Waals surface area contributed by atoms with E-state index in [1.807, 2.05) is 71.0 Å². The van der Waals surface area contributed by atoms with E-state index in [1.165, 1.54) is 11.8 Å². The molecule has 1 saturated heterocycles. The number of piperazine rings is 1. The highest BCUT2D eigenvalue weighted by Gasteiger charge is 2.27. The molecule has 3 aromatic rings. The normalized spacial score (nSPS) is 15.4. The van der Waals surface area contributed by atoms with Crippen LogP contribution in [-0.4, -0.2) is 62.4 Å². The van der Waals surface area contributed by atoms with Crippen molar-refractivity contribution >= 4 is 17.7 Å². The van der Waals surface area contributed by atoms with Crippen LogP contribution in [0.15, 0.2) is 66.1 Å². The van der Waals surface area contributed by atoms with Crippen LogP contribution in [0.3, 0.4) is 0 Å². The Balaban J connectivity index is 1.33. The van der Waals surface area contributed by atoms with Crippen molar-refractivity contribution in [2.24, 2.45) is 0 Å². The van der Waals surface area contributed by atoms with E-state index in [2.05, 4.69) is 21.2 Å². The van der Waals surface area contributed by atoms with Crippen LogP contribution >= 0.6 is 11.8 Å². The maximum absolute atomic E-state index is 12.8. The summed E-state index contributed by atoms with van der Waals surface area (Å²) < 4.78 is 1.92. The molecule has 0 radical (unpaired) electrons. The average Bonchev–Trinajstić information content (AvgIpc) is 3.28. The third kappa shape index (κ3) is 4.79. The van der Waals surface area contributed by atoms with E-state index in [-0.39, 0.29) is 11.9 Å². The highest BCUT2D eigenvalue weighted by Crippen LogP contribution is 2.24. The molecular formula is C23H24N6OS. The third-order valence-corrected chi connectivity index (χ3v) is 6.41. The van der Waals surface area contributed by atoms with E-state index in [4.69, 9.17) is 0 Å². The number of carbonyl (C=O) groups excluding carboxylic acids is 1. The largest absolute Gasteiger partial charge is 0.339 e. The van der Waals surface area contributed by atoms with Gasteiger partial charge in [0.25, 0.3) is 0 Å². The summed E-state index contributed by atoms with van der Waals surface area (Å²) >= 11 is 1.40. The Kier molecular flexibility index (Phi) is 6.65. The molecule has 2 aromatic carbocycles. The second kappa shape index (κ2) is 9.77. The predicted octanol–water partition coefficient (Wildman–Crippen LogP) is 3.08. The zero-order valence-corrected chi connectivity index (χ0v) is 18.2. The van der Waals surface area contributed by atoms with Crippen LogP contribution in [0.4, 0.5) is 0 Å².